The van der Waals surface area contributed by atoms with Gasteiger partial charge in [0.15, 0.2) is 0 Å². The van der Waals surface area contributed by atoms with Crippen LogP contribution in [0.5, 0.6) is 0 Å². The Balaban J connectivity index is 1.98. The molecule has 1 unspecified atom stereocenters. The highest BCUT2D eigenvalue weighted by Crippen LogP contribution is 2.42. The third kappa shape index (κ3) is 5.49. The lowest BCUT2D eigenvalue weighted by atomic mass is 9.85. The van der Waals surface area contributed by atoms with Gasteiger partial charge in [-0.25, -0.2) is 9.78 Å². The SMILES string of the molecule is C=CC1=C(C)c2cc3nc(c(C)c4[nH]c(cc5[nH]c(cc1n2)c(C)c5CC)c(C)c4C(=O)[NH+]([O-])CC)[C@@H](CCC(=O)N=O)[C@@H]3C. The molecule has 0 saturated heterocycles. The number of aromatic nitrogens is 4. The fourth-order valence-corrected chi connectivity index (χ4v) is 6.69. The number of hydrogen-bond donors (Lipinski definition) is 3. The van der Waals surface area contributed by atoms with Crippen LogP contribution in [0, 0.1) is 30.9 Å². The van der Waals surface area contributed by atoms with Gasteiger partial charge in [-0.2, -0.15) is 0 Å². The molecule has 45 heavy (non-hydrogen) atoms. The number of carbonyl (C=O) groups is 2. The number of nitrogens with zero attached hydrogens (tertiary/aromatic N) is 3. The molecule has 8 bridgehead atoms. The number of amides is 2. The van der Waals surface area contributed by atoms with Crippen LogP contribution in [-0.4, -0.2) is 38.3 Å². The average Bonchev–Trinajstić information content (AvgIpc) is 3.71. The predicted octanol–water partition coefficient (Wildman–Crippen LogP) is 6.42. The second-order valence-corrected chi connectivity index (χ2v) is 12.0. The fraction of sp³-hybridized carbons (Fsp3) is 0.371. The van der Waals surface area contributed by atoms with E-state index in [0.717, 1.165) is 56.8 Å². The zero-order valence-corrected chi connectivity index (χ0v) is 27.0. The lowest BCUT2D eigenvalue weighted by Gasteiger charge is -2.18. The van der Waals surface area contributed by atoms with Gasteiger partial charge < -0.3 is 20.2 Å². The first-order chi connectivity index (χ1) is 21.4. The number of fused-ring (bicyclic) bond motifs is 8. The second kappa shape index (κ2) is 12.5. The predicted molar refractivity (Wildman–Crippen MR) is 178 cm³/mol. The Bertz CT molecular complexity index is 1950. The largest absolute Gasteiger partial charge is 0.626 e. The molecule has 10 nitrogen and oxygen atoms in total. The van der Waals surface area contributed by atoms with E-state index in [9.17, 15) is 19.7 Å². The van der Waals surface area contributed by atoms with E-state index in [1.807, 2.05) is 52.0 Å². The lowest BCUT2D eigenvalue weighted by molar-refractivity contribution is -0.755. The van der Waals surface area contributed by atoms with Crippen molar-refractivity contribution in [1.82, 2.24) is 19.9 Å². The summed E-state index contributed by atoms with van der Waals surface area (Å²) >= 11 is 0. The molecule has 2 aliphatic heterocycles. The number of aromatic amines is 2. The Kier molecular flexibility index (Phi) is 8.82. The third-order valence-corrected chi connectivity index (χ3v) is 9.46. The van der Waals surface area contributed by atoms with Crippen molar-refractivity contribution in [2.24, 2.45) is 5.18 Å². The van der Waals surface area contributed by atoms with Crippen molar-refractivity contribution in [2.75, 3.05) is 6.54 Å². The van der Waals surface area contributed by atoms with Gasteiger partial charge in [0.05, 0.1) is 23.4 Å². The Morgan fingerprint density at radius 1 is 1.00 bits per heavy atom. The summed E-state index contributed by atoms with van der Waals surface area (Å²) in [7, 11) is 0. The van der Waals surface area contributed by atoms with E-state index >= 15 is 0 Å². The minimum absolute atomic E-state index is 0.0254. The quantitative estimate of drug-likeness (QED) is 0.208. The van der Waals surface area contributed by atoms with Crippen LogP contribution < -0.4 is 5.06 Å². The third-order valence-electron chi connectivity index (χ3n) is 9.46. The summed E-state index contributed by atoms with van der Waals surface area (Å²) in [5, 5.41) is 14.9. The maximum absolute atomic E-state index is 13.6. The van der Waals surface area contributed by atoms with Crippen molar-refractivity contribution in [3.8, 4) is 0 Å². The first-order valence-electron chi connectivity index (χ1n) is 15.5. The normalized spacial score (nSPS) is 17.0. The summed E-state index contributed by atoms with van der Waals surface area (Å²) in [5.74, 6) is -1.63. The average molecular weight is 609 g/mol. The molecule has 0 spiro atoms. The maximum atomic E-state index is 13.6. The molecule has 0 fully saturated rings. The number of aryl methyl sites for hydroxylation is 4. The second-order valence-electron chi connectivity index (χ2n) is 12.0. The van der Waals surface area contributed by atoms with Crippen LogP contribution >= 0.6 is 0 Å². The van der Waals surface area contributed by atoms with E-state index in [2.05, 4.69) is 35.6 Å². The summed E-state index contributed by atoms with van der Waals surface area (Å²) in [4.78, 5) is 53.7. The number of hydrogen-bond acceptors (Lipinski definition) is 6. The topological polar surface area (TPSA) is 148 Å². The minimum atomic E-state index is -0.719. The van der Waals surface area contributed by atoms with Gasteiger partial charge >= 0.3 is 5.91 Å². The van der Waals surface area contributed by atoms with Gasteiger partial charge in [0, 0.05) is 56.9 Å². The van der Waals surface area contributed by atoms with Gasteiger partial charge in [-0.15, -0.1) is 4.91 Å². The molecule has 0 saturated carbocycles. The van der Waals surface area contributed by atoms with Crippen LogP contribution in [0.15, 0.2) is 36.0 Å². The summed E-state index contributed by atoms with van der Waals surface area (Å²) in [5.41, 5.74) is 12.0. The van der Waals surface area contributed by atoms with Gasteiger partial charge in [0.1, 0.15) is 5.56 Å². The highest BCUT2D eigenvalue weighted by molar-refractivity contribution is 6.02. The molecule has 3 aromatic rings. The van der Waals surface area contributed by atoms with Gasteiger partial charge in [0.25, 0.3) is 5.91 Å². The zero-order chi connectivity index (χ0) is 32.7. The van der Waals surface area contributed by atoms with E-state index in [4.69, 9.17) is 9.97 Å². The molecular weight excluding hydrogens is 568 g/mol. The summed E-state index contributed by atoms with van der Waals surface area (Å²) in [6.45, 7) is 17.8. The van der Waals surface area contributed by atoms with Crippen molar-refractivity contribution in [3.63, 3.8) is 0 Å². The molecule has 10 heteroatoms. The molecule has 5 heterocycles. The number of hydroxylamine groups is 2. The Morgan fingerprint density at radius 2 is 1.71 bits per heavy atom. The number of carbonyl (C=O) groups excluding carboxylic acids is 2. The number of quaternary nitrogens is 1. The number of allylic oxidation sites excluding steroid dienone is 3. The van der Waals surface area contributed by atoms with Crippen molar-refractivity contribution in [3.05, 3.63) is 91.6 Å². The number of rotatable bonds is 7. The summed E-state index contributed by atoms with van der Waals surface area (Å²) < 4.78 is 0. The van der Waals surface area contributed by atoms with Gasteiger partial charge in [-0.1, -0.05) is 26.5 Å². The van der Waals surface area contributed by atoms with Gasteiger partial charge in [-0.3, -0.25) is 9.78 Å². The molecular formula is C35H40N6O4. The van der Waals surface area contributed by atoms with Crippen LogP contribution in [0.4, 0.5) is 0 Å². The summed E-state index contributed by atoms with van der Waals surface area (Å²) in [6.07, 6.45) is 2.93. The van der Waals surface area contributed by atoms with Crippen molar-refractivity contribution in [1.29, 1.82) is 0 Å². The molecule has 0 radical (unpaired) electrons. The van der Waals surface area contributed by atoms with E-state index in [0.29, 0.717) is 39.8 Å². The lowest BCUT2D eigenvalue weighted by Crippen LogP contribution is -3.09. The van der Waals surface area contributed by atoms with E-state index in [1.54, 1.807) is 6.92 Å². The van der Waals surface area contributed by atoms with Crippen molar-refractivity contribution >= 4 is 45.0 Å². The Hall–Kier alpha value is -4.54. The maximum Gasteiger partial charge on any atom is 0.346 e. The zero-order valence-electron chi connectivity index (χ0n) is 27.0. The molecule has 5 rings (SSSR count). The van der Waals surface area contributed by atoms with E-state index in [1.165, 1.54) is 0 Å². The van der Waals surface area contributed by atoms with Crippen LogP contribution in [0.25, 0.3) is 33.2 Å². The molecule has 234 valence electrons. The number of nitrogens with one attached hydrogen (secondary N) is 3. The number of H-pyrrole nitrogens is 2. The Morgan fingerprint density at radius 3 is 2.36 bits per heavy atom. The fourth-order valence-electron chi connectivity index (χ4n) is 6.69. The smallest absolute Gasteiger partial charge is 0.346 e. The highest BCUT2D eigenvalue weighted by atomic mass is 16.5. The first-order valence-corrected chi connectivity index (χ1v) is 15.5. The van der Waals surface area contributed by atoms with Crippen molar-refractivity contribution in [2.45, 2.75) is 79.6 Å². The van der Waals surface area contributed by atoms with Crippen LogP contribution in [0.3, 0.4) is 0 Å². The van der Waals surface area contributed by atoms with Crippen molar-refractivity contribution < 1.29 is 14.7 Å². The molecule has 3 atom stereocenters. The first kappa shape index (κ1) is 31.9. The van der Waals surface area contributed by atoms with Crippen LogP contribution in [-0.2, 0) is 11.2 Å². The monoisotopic (exact) mass is 608 g/mol. The van der Waals surface area contributed by atoms with Gasteiger partial charge in [-0.05, 0) is 93.5 Å². The standard InChI is InChI=1S/C35H40N6O4/c1-9-22-17(4)25-14-27-19(6)24(12-13-31(42)40-44)33(38-27)21(8)34-32(35(43)41(45)11-3)20(7)28(39-34)16-30-23(10-2)18(5)26(37-30)15-29(22)36-25/h9,14-16,19,24,37,39,41H,1,10-13H2,2-8H3/t19-,24-/m0/s1. The molecule has 2 aliphatic rings. The number of nitroso groups, excluding NO2 is 1. The molecule has 2 amide bonds. The molecule has 3 N–H and O–H groups in total. The minimum Gasteiger partial charge on any atom is -0.626 e. The Labute approximate surface area is 262 Å². The molecule has 3 aromatic heterocycles. The molecule has 0 aliphatic carbocycles. The van der Waals surface area contributed by atoms with Gasteiger partial charge in [0.2, 0.25) is 0 Å². The van der Waals surface area contributed by atoms with E-state index in [-0.39, 0.29) is 24.8 Å². The summed E-state index contributed by atoms with van der Waals surface area (Å²) in [6, 6.07) is 6.00. The van der Waals surface area contributed by atoms with Crippen LogP contribution in [0.1, 0.15) is 108 Å². The van der Waals surface area contributed by atoms with E-state index < -0.39 is 16.9 Å². The van der Waals surface area contributed by atoms with Crippen LogP contribution in [0.2, 0.25) is 0 Å². The highest BCUT2D eigenvalue weighted by Gasteiger charge is 2.33. The molecule has 0 aromatic carbocycles.